The molecule has 1 unspecified atom stereocenters. The van der Waals surface area contributed by atoms with E-state index in [4.69, 9.17) is 11.1 Å². The molecule has 86 valence electrons. The highest BCUT2D eigenvalue weighted by Gasteiger charge is 2.22. The normalized spacial score (nSPS) is 20.1. The molecular weight excluding hydrogens is 209 g/mol. The average molecular weight is 223 g/mol. The van der Waals surface area contributed by atoms with E-state index in [0.717, 1.165) is 0 Å². The fourth-order valence-electron chi connectivity index (χ4n) is 1.89. The minimum atomic E-state index is -0.401. The molecule has 1 aromatic rings. The number of rotatable bonds is 2. The van der Waals surface area contributed by atoms with Gasteiger partial charge in [0, 0.05) is 18.7 Å². The van der Waals surface area contributed by atoms with E-state index in [1.807, 2.05) is 0 Å². The third-order valence-electron chi connectivity index (χ3n) is 2.76. The van der Waals surface area contributed by atoms with Crippen molar-refractivity contribution in [3.63, 3.8) is 0 Å². The summed E-state index contributed by atoms with van der Waals surface area (Å²) >= 11 is 0. The van der Waals surface area contributed by atoms with E-state index < -0.39 is 5.82 Å². The molecule has 16 heavy (non-hydrogen) atoms. The molecule has 4 nitrogen and oxygen atoms in total. The number of benzene rings is 1. The highest BCUT2D eigenvalue weighted by atomic mass is 19.1. The maximum atomic E-state index is 13.7. The molecule has 0 amide bonds. The summed E-state index contributed by atoms with van der Waals surface area (Å²) in [7, 11) is 0. The first-order chi connectivity index (χ1) is 7.58. The second-order valence-corrected chi connectivity index (χ2v) is 3.97. The standard InChI is InChI=1S/C11H14FN3O/c12-9-5-7(11(13)14)1-2-10(9)15-4-3-8(16)6-15/h1-2,5,8,16H,3-4,6H2,(H3,13,14). The number of amidine groups is 1. The molecule has 1 saturated heterocycles. The molecule has 2 rings (SSSR count). The Hall–Kier alpha value is -1.62. The van der Waals surface area contributed by atoms with Gasteiger partial charge < -0.3 is 15.7 Å². The van der Waals surface area contributed by atoms with Gasteiger partial charge in [0.15, 0.2) is 0 Å². The van der Waals surface area contributed by atoms with E-state index in [-0.39, 0.29) is 11.9 Å². The number of nitrogens with one attached hydrogen (secondary N) is 1. The zero-order chi connectivity index (χ0) is 11.7. The number of hydrogen-bond acceptors (Lipinski definition) is 3. The molecule has 1 aliphatic heterocycles. The number of halogens is 1. The molecule has 0 aliphatic carbocycles. The molecule has 1 fully saturated rings. The van der Waals surface area contributed by atoms with Gasteiger partial charge in [0.2, 0.25) is 0 Å². The summed E-state index contributed by atoms with van der Waals surface area (Å²) in [6, 6.07) is 4.47. The van der Waals surface area contributed by atoms with Gasteiger partial charge in [-0.15, -0.1) is 0 Å². The van der Waals surface area contributed by atoms with Crippen molar-refractivity contribution in [3.05, 3.63) is 29.6 Å². The number of nitrogens with two attached hydrogens (primary N) is 1. The minimum Gasteiger partial charge on any atom is -0.391 e. The highest BCUT2D eigenvalue weighted by molar-refractivity contribution is 5.95. The molecule has 1 aromatic carbocycles. The quantitative estimate of drug-likeness (QED) is 0.510. The fraction of sp³-hybridized carbons (Fsp3) is 0.364. The third-order valence-corrected chi connectivity index (χ3v) is 2.76. The molecular formula is C11H14FN3O. The van der Waals surface area contributed by atoms with Crippen molar-refractivity contribution < 1.29 is 9.50 Å². The summed E-state index contributed by atoms with van der Waals surface area (Å²) in [6.45, 7) is 1.11. The molecule has 0 aromatic heterocycles. The Labute approximate surface area is 93.0 Å². The lowest BCUT2D eigenvalue weighted by molar-refractivity contribution is 0.198. The molecule has 0 saturated carbocycles. The maximum Gasteiger partial charge on any atom is 0.147 e. The second-order valence-electron chi connectivity index (χ2n) is 3.97. The SMILES string of the molecule is N=C(N)c1ccc(N2CCC(O)C2)c(F)c1. The summed E-state index contributed by atoms with van der Waals surface area (Å²) in [5, 5.41) is 16.6. The number of aliphatic hydroxyl groups excluding tert-OH is 1. The molecule has 4 N–H and O–H groups in total. The molecule has 1 atom stereocenters. The van der Waals surface area contributed by atoms with Gasteiger partial charge in [-0.3, -0.25) is 5.41 Å². The smallest absolute Gasteiger partial charge is 0.147 e. The number of nitrogens with zero attached hydrogens (tertiary/aromatic N) is 1. The molecule has 1 aliphatic rings. The summed E-state index contributed by atoms with van der Waals surface area (Å²) in [5.74, 6) is -0.547. The van der Waals surface area contributed by atoms with Crippen molar-refractivity contribution in [1.82, 2.24) is 0 Å². The van der Waals surface area contributed by atoms with Crippen LogP contribution < -0.4 is 10.6 Å². The third kappa shape index (κ3) is 1.99. The van der Waals surface area contributed by atoms with E-state index in [1.165, 1.54) is 6.07 Å². The van der Waals surface area contributed by atoms with Crippen LogP contribution in [0, 0.1) is 11.2 Å². The fourth-order valence-corrected chi connectivity index (χ4v) is 1.89. The lowest BCUT2D eigenvalue weighted by atomic mass is 10.1. The second kappa shape index (κ2) is 4.09. The van der Waals surface area contributed by atoms with Gasteiger partial charge in [-0.2, -0.15) is 0 Å². The van der Waals surface area contributed by atoms with Crippen molar-refractivity contribution in [2.75, 3.05) is 18.0 Å². The molecule has 0 radical (unpaired) electrons. The minimum absolute atomic E-state index is 0.146. The zero-order valence-electron chi connectivity index (χ0n) is 8.78. The summed E-state index contributed by atoms with van der Waals surface area (Å²) in [4.78, 5) is 1.80. The van der Waals surface area contributed by atoms with Gasteiger partial charge in [0.1, 0.15) is 11.7 Å². The van der Waals surface area contributed by atoms with Crippen molar-refractivity contribution in [2.24, 2.45) is 5.73 Å². The van der Waals surface area contributed by atoms with E-state index in [0.29, 0.717) is 30.8 Å². The predicted molar refractivity (Wildman–Crippen MR) is 60.3 cm³/mol. The number of hydrogen-bond donors (Lipinski definition) is 3. The van der Waals surface area contributed by atoms with Crippen LogP contribution in [0.15, 0.2) is 18.2 Å². The molecule has 0 bridgehead atoms. The zero-order valence-corrected chi connectivity index (χ0v) is 8.78. The monoisotopic (exact) mass is 223 g/mol. The number of anilines is 1. The summed E-state index contributed by atoms with van der Waals surface area (Å²) in [5.41, 5.74) is 6.11. The predicted octanol–water partition coefficient (Wildman–Crippen LogP) is 0.681. The van der Waals surface area contributed by atoms with E-state index in [1.54, 1.807) is 17.0 Å². The van der Waals surface area contributed by atoms with Crippen LogP contribution in [0.3, 0.4) is 0 Å². The lowest BCUT2D eigenvalue weighted by Gasteiger charge is -2.18. The number of β-amino-alcohol motifs (C(OH)–C–C–N with tert-alkyl or cyclic N) is 1. The van der Waals surface area contributed by atoms with Crippen LogP contribution in [0.4, 0.5) is 10.1 Å². The topological polar surface area (TPSA) is 73.3 Å². The molecule has 5 heteroatoms. The van der Waals surface area contributed by atoms with Crippen molar-refractivity contribution in [3.8, 4) is 0 Å². The van der Waals surface area contributed by atoms with Crippen LogP contribution in [-0.2, 0) is 0 Å². The Bertz CT molecular complexity index is 422. The van der Waals surface area contributed by atoms with Gasteiger partial charge in [-0.1, -0.05) is 0 Å². The van der Waals surface area contributed by atoms with Crippen LogP contribution in [0.2, 0.25) is 0 Å². The van der Waals surface area contributed by atoms with Crippen LogP contribution in [0.25, 0.3) is 0 Å². The van der Waals surface area contributed by atoms with Crippen molar-refractivity contribution >= 4 is 11.5 Å². The maximum absolute atomic E-state index is 13.7. The number of aliphatic hydroxyl groups is 1. The summed E-state index contributed by atoms with van der Waals surface area (Å²) in [6.07, 6.45) is 0.278. The van der Waals surface area contributed by atoms with Crippen LogP contribution >= 0.6 is 0 Å². The van der Waals surface area contributed by atoms with Gasteiger partial charge in [0.05, 0.1) is 11.8 Å². The molecule has 1 heterocycles. The van der Waals surface area contributed by atoms with E-state index in [9.17, 15) is 9.50 Å². The lowest BCUT2D eigenvalue weighted by Crippen LogP contribution is -2.22. The largest absolute Gasteiger partial charge is 0.391 e. The Balaban J connectivity index is 2.26. The average Bonchev–Trinajstić information content (AvgIpc) is 2.64. The van der Waals surface area contributed by atoms with Gasteiger partial charge in [-0.25, -0.2) is 4.39 Å². The first-order valence-electron chi connectivity index (χ1n) is 5.15. The summed E-state index contributed by atoms with van der Waals surface area (Å²) < 4.78 is 13.7. The van der Waals surface area contributed by atoms with Gasteiger partial charge in [0.25, 0.3) is 0 Å². The molecule has 0 spiro atoms. The first kappa shape index (κ1) is 10.9. The van der Waals surface area contributed by atoms with Gasteiger partial charge in [-0.05, 0) is 24.6 Å². The van der Waals surface area contributed by atoms with Crippen LogP contribution in [-0.4, -0.2) is 30.1 Å². The van der Waals surface area contributed by atoms with Crippen LogP contribution in [0.1, 0.15) is 12.0 Å². The van der Waals surface area contributed by atoms with Gasteiger partial charge >= 0.3 is 0 Å². The Morgan fingerprint density at radius 2 is 2.31 bits per heavy atom. The Morgan fingerprint density at radius 1 is 1.56 bits per heavy atom. The first-order valence-corrected chi connectivity index (χ1v) is 5.15. The highest BCUT2D eigenvalue weighted by Crippen LogP contribution is 2.24. The van der Waals surface area contributed by atoms with Crippen LogP contribution in [0.5, 0.6) is 0 Å². The van der Waals surface area contributed by atoms with E-state index in [2.05, 4.69) is 0 Å². The number of nitrogen functional groups attached to an aromatic ring is 1. The Morgan fingerprint density at radius 3 is 2.81 bits per heavy atom. The van der Waals surface area contributed by atoms with Crippen molar-refractivity contribution in [2.45, 2.75) is 12.5 Å². The Kier molecular flexibility index (Phi) is 2.78. The van der Waals surface area contributed by atoms with Crippen molar-refractivity contribution in [1.29, 1.82) is 5.41 Å². The van der Waals surface area contributed by atoms with E-state index >= 15 is 0 Å².